The molecule has 0 radical (unpaired) electrons. The van der Waals surface area contributed by atoms with Gasteiger partial charge in [-0.2, -0.15) is 5.26 Å². The third kappa shape index (κ3) is 9.03. The number of ether oxygens (including phenoxy) is 2. The van der Waals surface area contributed by atoms with Gasteiger partial charge in [-0.15, -0.1) is 0 Å². The summed E-state index contributed by atoms with van der Waals surface area (Å²) < 4.78 is 15.7. The molecule has 0 spiro atoms. The molecule has 3 heterocycles. The molecule has 80 heavy (non-hydrogen) atoms. The molecule has 0 unspecified atom stereocenters. The molecular weight excluding hydrogens is 991 g/mol. The van der Waals surface area contributed by atoms with Crippen molar-refractivity contribution in [1.29, 1.82) is 5.26 Å². The first-order valence-corrected chi connectivity index (χ1v) is 25.9. The number of carbonyl (C=O) groups is 2. The number of para-hydroxylation sites is 2. The Kier molecular flexibility index (Phi) is 12.5. The van der Waals surface area contributed by atoms with E-state index in [0.29, 0.717) is 51.0 Å². The fourth-order valence-corrected chi connectivity index (χ4v) is 10.5. The van der Waals surface area contributed by atoms with Crippen molar-refractivity contribution < 1.29 is 19.1 Å². The van der Waals surface area contributed by atoms with Crippen molar-refractivity contribution in [3.63, 3.8) is 0 Å². The van der Waals surface area contributed by atoms with Crippen molar-refractivity contribution in [1.82, 2.24) is 24.1 Å². The Morgan fingerprint density at radius 1 is 0.438 bits per heavy atom. The van der Waals surface area contributed by atoms with Gasteiger partial charge in [-0.3, -0.25) is 0 Å². The molecule has 13 aromatic rings. The van der Waals surface area contributed by atoms with Crippen molar-refractivity contribution in [2.24, 2.45) is 0 Å². The summed E-state index contributed by atoms with van der Waals surface area (Å²) in [6.45, 7) is 8.29. The minimum Gasteiger partial charge on any atom is -0.457 e. The standard InChI is InChI=1S/C69H43N7O4/c1-71-51-23-15-22-47(36-51)58-40-53(76-62-27-14-12-25-56(62)60-39-49(29-35-64(60)76)69(78)80-43-45-18-7-3-8-19-45)31-33-57(58)67-73-65(46-20-9-4-10-21-46)72-66(74-67)54-32-30-52(37-50(54)41-70)75-61-26-13-11-24-55(61)59-38-48(28-34-63(59)75)68(77)79-42-44-16-5-2-6-17-44/h2-40H,42-43H2. The maximum Gasteiger partial charge on any atom is 0.338 e. The molecule has 11 nitrogen and oxygen atoms in total. The van der Waals surface area contributed by atoms with E-state index in [2.05, 4.69) is 32.2 Å². The highest BCUT2D eigenvalue weighted by Gasteiger charge is 2.23. The molecule has 0 fully saturated rings. The summed E-state index contributed by atoms with van der Waals surface area (Å²) >= 11 is 0. The molecule has 0 aliphatic heterocycles. The van der Waals surface area contributed by atoms with Crippen LogP contribution in [0.4, 0.5) is 5.69 Å². The lowest BCUT2D eigenvalue weighted by molar-refractivity contribution is 0.0464. The van der Waals surface area contributed by atoms with Crippen molar-refractivity contribution in [3.05, 3.63) is 276 Å². The molecule has 0 saturated heterocycles. The summed E-state index contributed by atoms with van der Waals surface area (Å²) in [5.74, 6) is 0.223. The number of nitrogens with zero attached hydrogens (tertiary/aromatic N) is 7. The van der Waals surface area contributed by atoms with Crippen LogP contribution in [0.25, 0.3) is 105 Å². The number of fused-ring (bicyclic) bond motifs is 6. The number of rotatable bonds is 12. The zero-order chi connectivity index (χ0) is 54.1. The molecule has 0 bridgehead atoms. The molecule has 3 aromatic heterocycles. The first-order valence-electron chi connectivity index (χ1n) is 25.9. The molecule has 378 valence electrons. The summed E-state index contributed by atoms with van der Waals surface area (Å²) in [5.41, 5.74) is 12.0. The van der Waals surface area contributed by atoms with Crippen molar-refractivity contribution >= 4 is 61.2 Å². The van der Waals surface area contributed by atoms with Crippen LogP contribution in [-0.4, -0.2) is 36.0 Å². The minimum atomic E-state index is -0.423. The largest absolute Gasteiger partial charge is 0.457 e. The van der Waals surface area contributed by atoms with E-state index in [1.165, 1.54) is 0 Å². The summed E-state index contributed by atoms with van der Waals surface area (Å²) in [5, 5.41) is 14.7. The lowest BCUT2D eigenvalue weighted by Gasteiger charge is -2.16. The van der Waals surface area contributed by atoms with E-state index in [4.69, 9.17) is 31.0 Å². The molecule has 0 atom stereocenters. The number of aromatic nitrogens is 5. The van der Waals surface area contributed by atoms with Crippen LogP contribution in [0, 0.1) is 17.9 Å². The highest BCUT2D eigenvalue weighted by atomic mass is 16.5. The third-order valence-electron chi connectivity index (χ3n) is 14.3. The van der Waals surface area contributed by atoms with E-state index >= 15 is 0 Å². The summed E-state index contributed by atoms with van der Waals surface area (Å²) in [6.07, 6.45) is 0. The summed E-state index contributed by atoms with van der Waals surface area (Å²) in [7, 11) is 0. The van der Waals surface area contributed by atoms with Crippen LogP contribution in [0.2, 0.25) is 0 Å². The molecule has 0 aliphatic carbocycles. The van der Waals surface area contributed by atoms with Crippen molar-refractivity contribution in [3.8, 4) is 62.7 Å². The monoisotopic (exact) mass is 1030 g/mol. The van der Waals surface area contributed by atoms with Crippen LogP contribution in [0.15, 0.2) is 237 Å². The van der Waals surface area contributed by atoms with E-state index in [1.807, 2.05) is 206 Å². The molecule has 0 N–H and O–H groups in total. The lowest BCUT2D eigenvalue weighted by atomic mass is 9.97. The quantitative estimate of drug-likeness (QED) is 0.0874. The molecule has 0 amide bonds. The Hall–Kier alpha value is -11.3. The smallest absolute Gasteiger partial charge is 0.338 e. The van der Waals surface area contributed by atoms with Crippen LogP contribution in [0.5, 0.6) is 0 Å². The molecule has 11 heteroatoms. The summed E-state index contributed by atoms with van der Waals surface area (Å²) in [4.78, 5) is 46.1. The number of hydrogen-bond acceptors (Lipinski definition) is 8. The van der Waals surface area contributed by atoms with Gasteiger partial charge in [-0.1, -0.05) is 146 Å². The predicted octanol–water partition coefficient (Wildman–Crippen LogP) is 15.9. The van der Waals surface area contributed by atoms with Gasteiger partial charge >= 0.3 is 11.9 Å². The lowest BCUT2D eigenvalue weighted by Crippen LogP contribution is -2.05. The minimum absolute atomic E-state index is 0.159. The third-order valence-corrected chi connectivity index (χ3v) is 14.3. The van der Waals surface area contributed by atoms with E-state index in [9.17, 15) is 14.9 Å². The van der Waals surface area contributed by atoms with Crippen LogP contribution in [-0.2, 0) is 22.7 Å². The van der Waals surface area contributed by atoms with Gasteiger partial charge in [0.15, 0.2) is 23.2 Å². The van der Waals surface area contributed by atoms with Crippen LogP contribution in [0.3, 0.4) is 0 Å². The Labute approximate surface area is 459 Å². The zero-order valence-electron chi connectivity index (χ0n) is 42.7. The number of benzene rings is 10. The number of carbonyl (C=O) groups excluding carboxylic acids is 2. The highest BCUT2D eigenvalue weighted by Crippen LogP contribution is 2.40. The number of esters is 2. The molecular formula is C69H43N7O4. The highest BCUT2D eigenvalue weighted by molar-refractivity contribution is 6.12. The average Bonchev–Trinajstić information content (AvgIpc) is 4.21. The molecule has 0 saturated carbocycles. The Morgan fingerprint density at radius 2 is 0.912 bits per heavy atom. The van der Waals surface area contributed by atoms with Gasteiger partial charge < -0.3 is 18.6 Å². The van der Waals surface area contributed by atoms with Gasteiger partial charge in [0.1, 0.15) is 13.2 Å². The maximum atomic E-state index is 13.5. The fraction of sp³-hybridized carbons (Fsp3) is 0.0290. The van der Waals surface area contributed by atoms with E-state index in [1.54, 1.807) is 18.2 Å². The van der Waals surface area contributed by atoms with Crippen molar-refractivity contribution in [2.45, 2.75) is 13.2 Å². The van der Waals surface area contributed by atoms with Crippen molar-refractivity contribution in [2.75, 3.05) is 0 Å². The topological polar surface area (TPSA) is 129 Å². The van der Waals surface area contributed by atoms with Crippen LogP contribution >= 0.6 is 0 Å². The molecule has 10 aromatic carbocycles. The SMILES string of the molecule is [C-]#[N+]c1cccc(-c2cc(-n3c4ccccc4c4cc(C(=O)OCc5ccccc5)ccc43)ccc2-c2nc(-c3ccccc3)nc(-c3ccc(-n4c5ccccc5c5cc(C(=O)OCc6ccccc6)ccc54)cc3C#N)n2)c1. The Balaban J connectivity index is 0.922. The van der Waals surface area contributed by atoms with E-state index in [0.717, 1.165) is 82.8 Å². The van der Waals surface area contributed by atoms with Gasteiger partial charge in [0, 0.05) is 49.6 Å². The van der Waals surface area contributed by atoms with Gasteiger partial charge in [-0.25, -0.2) is 29.4 Å². The Morgan fingerprint density at radius 3 is 1.48 bits per heavy atom. The van der Waals surface area contributed by atoms with Crippen LogP contribution in [0.1, 0.15) is 37.4 Å². The molecule has 13 rings (SSSR count). The normalized spacial score (nSPS) is 11.2. The molecule has 0 aliphatic rings. The second-order valence-electron chi connectivity index (χ2n) is 19.2. The number of hydrogen-bond donors (Lipinski definition) is 0. The summed E-state index contributed by atoms with van der Waals surface area (Å²) in [6, 6.07) is 77.8. The van der Waals surface area contributed by atoms with Gasteiger partial charge in [0.05, 0.1) is 51.4 Å². The van der Waals surface area contributed by atoms with Crippen LogP contribution < -0.4 is 0 Å². The van der Waals surface area contributed by atoms with Gasteiger partial charge in [-0.05, 0) is 113 Å². The average molecular weight is 1030 g/mol. The predicted molar refractivity (Wildman–Crippen MR) is 312 cm³/mol. The van der Waals surface area contributed by atoms with Gasteiger partial charge in [0.2, 0.25) is 0 Å². The van der Waals surface area contributed by atoms with E-state index in [-0.39, 0.29) is 13.2 Å². The second-order valence-corrected chi connectivity index (χ2v) is 19.2. The fourth-order valence-electron chi connectivity index (χ4n) is 10.5. The first kappa shape index (κ1) is 48.4. The Bertz CT molecular complexity index is 4670. The zero-order valence-corrected chi connectivity index (χ0v) is 42.7. The maximum absolute atomic E-state index is 13.5. The first-order chi connectivity index (χ1) is 39.4. The second kappa shape index (κ2) is 20.7. The van der Waals surface area contributed by atoms with E-state index < -0.39 is 11.9 Å². The van der Waals surface area contributed by atoms with Gasteiger partial charge in [0.25, 0.3) is 0 Å². The number of nitriles is 1.